The SMILES string of the molecule is CN1CCN(c2ccc(Nc3cc(N(C)Cc4ccccc4)ncn3)cc2)CC1. The quantitative estimate of drug-likeness (QED) is 0.696. The second kappa shape index (κ2) is 8.92. The molecular weight excluding hydrogens is 360 g/mol. The molecule has 2 heterocycles. The lowest BCUT2D eigenvalue weighted by atomic mass is 10.2. The van der Waals surface area contributed by atoms with E-state index < -0.39 is 0 Å². The summed E-state index contributed by atoms with van der Waals surface area (Å²) >= 11 is 0. The first-order valence-corrected chi connectivity index (χ1v) is 10.0. The van der Waals surface area contributed by atoms with Crippen molar-refractivity contribution in [3.8, 4) is 0 Å². The molecule has 1 aliphatic heterocycles. The highest BCUT2D eigenvalue weighted by Crippen LogP contribution is 2.23. The van der Waals surface area contributed by atoms with Gasteiger partial charge in [0, 0.05) is 57.2 Å². The molecule has 29 heavy (non-hydrogen) atoms. The molecule has 0 unspecified atom stereocenters. The Hall–Kier alpha value is -3.12. The van der Waals surface area contributed by atoms with Gasteiger partial charge in [0.2, 0.25) is 0 Å². The molecule has 1 aromatic heterocycles. The van der Waals surface area contributed by atoms with Crippen molar-refractivity contribution in [1.29, 1.82) is 0 Å². The lowest BCUT2D eigenvalue weighted by Crippen LogP contribution is -2.44. The smallest absolute Gasteiger partial charge is 0.135 e. The van der Waals surface area contributed by atoms with Crippen LogP contribution in [0, 0.1) is 0 Å². The first kappa shape index (κ1) is 19.2. The summed E-state index contributed by atoms with van der Waals surface area (Å²) in [5, 5.41) is 3.40. The van der Waals surface area contributed by atoms with Gasteiger partial charge in [0.25, 0.3) is 0 Å². The molecule has 1 fully saturated rings. The van der Waals surface area contributed by atoms with E-state index in [1.165, 1.54) is 11.3 Å². The molecule has 1 saturated heterocycles. The summed E-state index contributed by atoms with van der Waals surface area (Å²) in [6.07, 6.45) is 1.61. The summed E-state index contributed by atoms with van der Waals surface area (Å²) in [6, 6.07) is 21.0. The first-order chi connectivity index (χ1) is 14.2. The minimum atomic E-state index is 0.794. The van der Waals surface area contributed by atoms with E-state index in [4.69, 9.17) is 0 Å². The first-order valence-electron chi connectivity index (χ1n) is 10.0. The normalized spacial score (nSPS) is 14.6. The van der Waals surface area contributed by atoms with Crippen LogP contribution >= 0.6 is 0 Å². The standard InChI is InChI=1S/C23H28N6/c1-27-12-14-29(15-13-27)21-10-8-20(9-11-21)26-22-16-23(25-18-24-22)28(2)17-19-6-4-3-5-7-19/h3-11,16,18H,12-15,17H2,1-2H3,(H,24,25,26). The molecule has 150 valence electrons. The lowest BCUT2D eigenvalue weighted by Gasteiger charge is -2.34. The van der Waals surface area contributed by atoms with Gasteiger partial charge in [-0.05, 0) is 36.9 Å². The highest BCUT2D eigenvalue weighted by atomic mass is 15.2. The van der Waals surface area contributed by atoms with E-state index in [0.29, 0.717) is 0 Å². The van der Waals surface area contributed by atoms with E-state index in [1.807, 2.05) is 19.2 Å². The fourth-order valence-corrected chi connectivity index (χ4v) is 3.53. The summed E-state index contributed by atoms with van der Waals surface area (Å²) < 4.78 is 0. The van der Waals surface area contributed by atoms with Crippen molar-refractivity contribution in [2.75, 3.05) is 55.4 Å². The van der Waals surface area contributed by atoms with E-state index in [0.717, 1.165) is 50.0 Å². The largest absolute Gasteiger partial charge is 0.369 e. The van der Waals surface area contributed by atoms with Crippen molar-refractivity contribution in [3.05, 3.63) is 72.6 Å². The number of anilines is 4. The predicted molar refractivity (Wildman–Crippen MR) is 120 cm³/mol. The molecule has 1 aliphatic rings. The summed E-state index contributed by atoms with van der Waals surface area (Å²) in [5.74, 6) is 1.68. The minimum absolute atomic E-state index is 0.794. The average molecular weight is 389 g/mol. The van der Waals surface area contributed by atoms with E-state index >= 15 is 0 Å². The Morgan fingerprint density at radius 1 is 0.931 bits per heavy atom. The van der Waals surface area contributed by atoms with Crippen molar-refractivity contribution in [3.63, 3.8) is 0 Å². The number of likely N-dealkylation sites (N-methyl/N-ethyl adjacent to an activating group) is 1. The molecule has 6 nitrogen and oxygen atoms in total. The van der Waals surface area contributed by atoms with Gasteiger partial charge in [-0.3, -0.25) is 0 Å². The Kier molecular flexibility index (Phi) is 5.91. The molecule has 6 heteroatoms. The van der Waals surface area contributed by atoms with Crippen LogP contribution in [0.25, 0.3) is 0 Å². The lowest BCUT2D eigenvalue weighted by molar-refractivity contribution is 0.313. The third-order valence-electron chi connectivity index (χ3n) is 5.31. The van der Waals surface area contributed by atoms with Crippen molar-refractivity contribution in [2.24, 2.45) is 0 Å². The number of rotatable bonds is 6. The number of nitrogens with zero attached hydrogens (tertiary/aromatic N) is 5. The van der Waals surface area contributed by atoms with E-state index in [-0.39, 0.29) is 0 Å². The Labute approximate surface area is 172 Å². The van der Waals surface area contributed by atoms with E-state index in [1.54, 1.807) is 6.33 Å². The van der Waals surface area contributed by atoms with E-state index in [9.17, 15) is 0 Å². The summed E-state index contributed by atoms with van der Waals surface area (Å²) in [4.78, 5) is 15.7. The number of hydrogen-bond acceptors (Lipinski definition) is 6. The van der Waals surface area contributed by atoms with Crippen molar-refractivity contribution in [2.45, 2.75) is 6.54 Å². The van der Waals surface area contributed by atoms with Crippen LogP contribution < -0.4 is 15.1 Å². The molecule has 0 atom stereocenters. The number of aromatic nitrogens is 2. The molecule has 1 N–H and O–H groups in total. The maximum Gasteiger partial charge on any atom is 0.135 e. The zero-order valence-electron chi connectivity index (χ0n) is 17.1. The third kappa shape index (κ3) is 5.03. The summed E-state index contributed by atoms with van der Waals surface area (Å²) in [6.45, 7) is 5.18. The predicted octanol–water partition coefficient (Wildman–Crippen LogP) is 3.61. The van der Waals surface area contributed by atoms with Crippen molar-refractivity contribution in [1.82, 2.24) is 14.9 Å². The van der Waals surface area contributed by atoms with Gasteiger partial charge in [-0.1, -0.05) is 30.3 Å². The molecule has 2 aromatic carbocycles. The van der Waals surface area contributed by atoms with Gasteiger partial charge in [-0.15, -0.1) is 0 Å². The summed E-state index contributed by atoms with van der Waals surface area (Å²) in [5.41, 5.74) is 3.55. The van der Waals surface area contributed by atoms with E-state index in [2.05, 4.69) is 85.6 Å². The van der Waals surface area contributed by atoms with Crippen LogP contribution in [0.4, 0.5) is 23.0 Å². The zero-order valence-corrected chi connectivity index (χ0v) is 17.1. The second-order valence-electron chi connectivity index (χ2n) is 7.57. The second-order valence-corrected chi connectivity index (χ2v) is 7.57. The Morgan fingerprint density at radius 3 is 2.38 bits per heavy atom. The number of hydrogen-bond donors (Lipinski definition) is 1. The van der Waals surface area contributed by atoms with Crippen LogP contribution in [0.1, 0.15) is 5.56 Å². The van der Waals surface area contributed by atoms with Gasteiger partial charge in [0.1, 0.15) is 18.0 Å². The third-order valence-corrected chi connectivity index (χ3v) is 5.31. The highest BCUT2D eigenvalue weighted by Gasteiger charge is 2.14. The zero-order chi connectivity index (χ0) is 20.1. The fraction of sp³-hybridized carbons (Fsp3) is 0.304. The van der Waals surface area contributed by atoms with Crippen LogP contribution in [0.5, 0.6) is 0 Å². The van der Waals surface area contributed by atoms with Crippen LogP contribution in [0.3, 0.4) is 0 Å². The molecule has 0 saturated carbocycles. The minimum Gasteiger partial charge on any atom is -0.369 e. The number of benzene rings is 2. The molecule has 0 bridgehead atoms. The number of piperazine rings is 1. The summed E-state index contributed by atoms with van der Waals surface area (Å²) in [7, 11) is 4.22. The molecule has 0 aliphatic carbocycles. The molecule has 3 aromatic rings. The van der Waals surface area contributed by atoms with Gasteiger partial charge in [-0.2, -0.15) is 0 Å². The Morgan fingerprint density at radius 2 is 1.66 bits per heavy atom. The molecule has 0 radical (unpaired) electrons. The highest BCUT2D eigenvalue weighted by molar-refractivity contribution is 5.62. The molecule has 4 rings (SSSR count). The van der Waals surface area contributed by atoms with Crippen molar-refractivity contribution < 1.29 is 0 Å². The van der Waals surface area contributed by atoms with Gasteiger partial charge >= 0.3 is 0 Å². The average Bonchev–Trinajstić information content (AvgIpc) is 2.76. The van der Waals surface area contributed by atoms with Crippen LogP contribution in [0.15, 0.2) is 67.0 Å². The fourth-order valence-electron chi connectivity index (χ4n) is 3.53. The van der Waals surface area contributed by atoms with Gasteiger partial charge < -0.3 is 20.0 Å². The van der Waals surface area contributed by atoms with Crippen LogP contribution in [0.2, 0.25) is 0 Å². The van der Waals surface area contributed by atoms with Gasteiger partial charge in [-0.25, -0.2) is 9.97 Å². The van der Waals surface area contributed by atoms with Crippen molar-refractivity contribution >= 4 is 23.0 Å². The maximum atomic E-state index is 4.42. The Bertz CT molecular complexity index is 904. The maximum absolute atomic E-state index is 4.42. The number of nitrogens with one attached hydrogen (secondary N) is 1. The topological polar surface area (TPSA) is 47.5 Å². The van der Waals surface area contributed by atoms with Crippen LogP contribution in [-0.2, 0) is 6.54 Å². The molecule has 0 spiro atoms. The Balaban J connectivity index is 1.40. The van der Waals surface area contributed by atoms with Gasteiger partial charge in [0.05, 0.1) is 0 Å². The molecular formula is C23H28N6. The monoisotopic (exact) mass is 388 g/mol. The molecule has 0 amide bonds. The van der Waals surface area contributed by atoms with Crippen LogP contribution in [-0.4, -0.2) is 55.1 Å². The van der Waals surface area contributed by atoms with Gasteiger partial charge in [0.15, 0.2) is 0 Å².